The van der Waals surface area contributed by atoms with Gasteiger partial charge in [-0.3, -0.25) is 4.90 Å². The summed E-state index contributed by atoms with van der Waals surface area (Å²) in [5, 5.41) is 0. The molecule has 1 atom stereocenters. The minimum Gasteiger partial charge on any atom is -0.486 e. The Morgan fingerprint density at radius 2 is 2.08 bits per heavy atom. The van der Waals surface area contributed by atoms with Crippen molar-refractivity contribution in [2.75, 3.05) is 19.8 Å². The maximum absolute atomic E-state index is 5.85. The first-order chi connectivity index (χ1) is 12.3. The van der Waals surface area contributed by atoms with Crippen molar-refractivity contribution in [3.8, 4) is 5.75 Å². The Kier molecular flexibility index (Phi) is 5.04. The molecule has 2 heterocycles. The molecule has 1 aromatic carbocycles. The number of hydrogen-bond acceptors (Lipinski definition) is 4. The molecule has 1 aliphatic carbocycles. The average molecular weight is 341 g/mol. The Hall–Kier alpha value is -1.85. The van der Waals surface area contributed by atoms with E-state index >= 15 is 0 Å². The van der Waals surface area contributed by atoms with Crippen molar-refractivity contribution >= 4 is 0 Å². The second kappa shape index (κ2) is 7.58. The summed E-state index contributed by atoms with van der Waals surface area (Å²) in [7, 11) is 1.98. The molecule has 0 N–H and O–H groups in total. The maximum Gasteiger partial charge on any atom is 0.146 e. The van der Waals surface area contributed by atoms with Gasteiger partial charge in [0.25, 0.3) is 0 Å². The summed E-state index contributed by atoms with van der Waals surface area (Å²) >= 11 is 0. The zero-order valence-electron chi connectivity index (χ0n) is 14.9. The van der Waals surface area contributed by atoms with Crippen LogP contribution in [0.1, 0.15) is 30.7 Å². The molecule has 1 saturated heterocycles. The Morgan fingerprint density at radius 1 is 1.24 bits per heavy atom. The van der Waals surface area contributed by atoms with Gasteiger partial charge in [-0.15, -0.1) is 0 Å². The lowest BCUT2D eigenvalue weighted by atomic mass is 10.1. The van der Waals surface area contributed by atoms with Gasteiger partial charge in [-0.1, -0.05) is 12.1 Å². The Morgan fingerprint density at radius 3 is 2.72 bits per heavy atom. The minimum atomic E-state index is 0.499. The van der Waals surface area contributed by atoms with Gasteiger partial charge in [-0.05, 0) is 42.9 Å². The van der Waals surface area contributed by atoms with Crippen LogP contribution in [0, 0.1) is 5.92 Å². The highest BCUT2D eigenvalue weighted by molar-refractivity contribution is 5.27. The number of ether oxygens (including phenoxy) is 2. The zero-order valence-corrected chi connectivity index (χ0v) is 14.9. The van der Waals surface area contributed by atoms with Crippen molar-refractivity contribution in [2.45, 2.75) is 38.5 Å². The molecule has 134 valence electrons. The van der Waals surface area contributed by atoms with Crippen molar-refractivity contribution in [1.82, 2.24) is 14.5 Å². The van der Waals surface area contributed by atoms with Gasteiger partial charge in [0.1, 0.15) is 18.2 Å². The third-order valence-corrected chi connectivity index (χ3v) is 5.18. The normalized spacial score (nSPS) is 20.3. The van der Waals surface area contributed by atoms with Crippen LogP contribution in [0.4, 0.5) is 0 Å². The Labute approximate surface area is 149 Å². The van der Waals surface area contributed by atoms with Crippen molar-refractivity contribution in [3.63, 3.8) is 0 Å². The van der Waals surface area contributed by atoms with E-state index in [0.29, 0.717) is 12.5 Å². The molecule has 1 aliphatic heterocycles. The molecule has 0 amide bonds. The van der Waals surface area contributed by atoms with Gasteiger partial charge >= 0.3 is 0 Å². The molecule has 2 aromatic rings. The highest BCUT2D eigenvalue weighted by atomic mass is 16.5. The average Bonchev–Trinajstić information content (AvgIpc) is 3.20. The van der Waals surface area contributed by atoms with Gasteiger partial charge in [0.05, 0.1) is 6.61 Å². The van der Waals surface area contributed by atoms with E-state index in [2.05, 4.69) is 34.1 Å². The van der Waals surface area contributed by atoms with Crippen LogP contribution in [-0.2, 0) is 24.9 Å². The van der Waals surface area contributed by atoms with Crippen LogP contribution in [0.15, 0.2) is 36.7 Å². The molecular formula is C20H27N3O2. The topological polar surface area (TPSA) is 39.5 Å². The number of rotatable bonds is 8. The van der Waals surface area contributed by atoms with Crippen LogP contribution in [0.25, 0.3) is 0 Å². The lowest BCUT2D eigenvalue weighted by molar-refractivity contribution is 0.161. The van der Waals surface area contributed by atoms with Gasteiger partial charge in [0, 0.05) is 45.2 Å². The third kappa shape index (κ3) is 4.41. The second-order valence-corrected chi connectivity index (χ2v) is 7.28. The van der Waals surface area contributed by atoms with Crippen LogP contribution >= 0.6 is 0 Å². The molecular weight excluding hydrogens is 314 g/mol. The number of benzene rings is 1. The maximum atomic E-state index is 5.85. The molecule has 0 radical (unpaired) electrons. The monoisotopic (exact) mass is 341 g/mol. The molecule has 1 saturated carbocycles. The van der Waals surface area contributed by atoms with Crippen LogP contribution < -0.4 is 4.74 Å². The predicted octanol–water partition coefficient (Wildman–Crippen LogP) is 3.00. The van der Waals surface area contributed by atoms with Gasteiger partial charge in [-0.25, -0.2) is 4.98 Å². The van der Waals surface area contributed by atoms with Crippen molar-refractivity contribution in [3.05, 3.63) is 48.0 Å². The number of imidazole rings is 1. The van der Waals surface area contributed by atoms with Gasteiger partial charge in [-0.2, -0.15) is 0 Å². The largest absolute Gasteiger partial charge is 0.486 e. The zero-order chi connectivity index (χ0) is 17.1. The van der Waals surface area contributed by atoms with Crippen molar-refractivity contribution < 1.29 is 9.47 Å². The Balaban J connectivity index is 1.32. The van der Waals surface area contributed by atoms with Crippen LogP contribution in [0.3, 0.4) is 0 Å². The smallest absolute Gasteiger partial charge is 0.146 e. The van der Waals surface area contributed by atoms with Crippen LogP contribution in [0.5, 0.6) is 5.75 Å². The minimum absolute atomic E-state index is 0.499. The molecule has 0 bridgehead atoms. The van der Waals surface area contributed by atoms with E-state index in [1.807, 2.05) is 17.8 Å². The first-order valence-corrected chi connectivity index (χ1v) is 9.27. The van der Waals surface area contributed by atoms with E-state index in [-0.39, 0.29) is 0 Å². The molecule has 2 fully saturated rings. The van der Waals surface area contributed by atoms with E-state index in [0.717, 1.165) is 37.4 Å². The molecule has 5 heteroatoms. The lowest BCUT2D eigenvalue weighted by Gasteiger charge is -2.25. The fourth-order valence-corrected chi connectivity index (χ4v) is 3.45. The summed E-state index contributed by atoms with van der Waals surface area (Å²) in [6.45, 7) is 4.57. The predicted molar refractivity (Wildman–Crippen MR) is 96.3 cm³/mol. The summed E-state index contributed by atoms with van der Waals surface area (Å²) in [6.07, 6.45) is 7.63. The van der Waals surface area contributed by atoms with Gasteiger partial charge < -0.3 is 14.0 Å². The van der Waals surface area contributed by atoms with Gasteiger partial charge in [0.15, 0.2) is 0 Å². The summed E-state index contributed by atoms with van der Waals surface area (Å²) in [5.41, 5.74) is 1.36. The first-order valence-electron chi connectivity index (χ1n) is 9.27. The first kappa shape index (κ1) is 16.6. The number of nitrogens with zero attached hydrogens (tertiary/aromatic N) is 3. The van der Waals surface area contributed by atoms with E-state index in [1.54, 1.807) is 6.20 Å². The Bertz CT molecular complexity index is 673. The van der Waals surface area contributed by atoms with E-state index in [4.69, 9.17) is 9.47 Å². The fourth-order valence-electron chi connectivity index (χ4n) is 3.45. The van der Waals surface area contributed by atoms with Gasteiger partial charge in [0.2, 0.25) is 0 Å². The van der Waals surface area contributed by atoms with E-state index < -0.39 is 0 Å². The standard InChI is InChI=1S/C20H27N3O2/c1-22-10-9-21-20(22)15-25-19-6-2-16(3-7-19)12-23(18-4-5-18)13-17-8-11-24-14-17/h2-3,6-7,9-10,17-18H,4-5,8,11-15H2,1H3. The lowest BCUT2D eigenvalue weighted by Crippen LogP contribution is -2.31. The molecule has 0 spiro atoms. The highest BCUT2D eigenvalue weighted by Crippen LogP contribution is 2.30. The van der Waals surface area contributed by atoms with Crippen molar-refractivity contribution in [1.29, 1.82) is 0 Å². The molecule has 25 heavy (non-hydrogen) atoms. The number of hydrogen-bond donors (Lipinski definition) is 0. The van der Waals surface area contributed by atoms with E-state index in [9.17, 15) is 0 Å². The van der Waals surface area contributed by atoms with E-state index in [1.165, 1.54) is 31.4 Å². The molecule has 1 aromatic heterocycles. The molecule has 1 unspecified atom stereocenters. The summed E-state index contributed by atoms with van der Waals surface area (Å²) in [5.74, 6) is 2.54. The number of aromatic nitrogens is 2. The summed E-state index contributed by atoms with van der Waals surface area (Å²) < 4.78 is 13.4. The SMILES string of the molecule is Cn1ccnc1COc1ccc(CN(CC2CCOC2)C2CC2)cc1. The highest BCUT2D eigenvalue weighted by Gasteiger charge is 2.31. The van der Waals surface area contributed by atoms with Crippen molar-refractivity contribution in [2.24, 2.45) is 13.0 Å². The third-order valence-electron chi connectivity index (χ3n) is 5.18. The summed E-state index contributed by atoms with van der Waals surface area (Å²) in [6, 6.07) is 9.30. The molecule has 5 nitrogen and oxygen atoms in total. The van der Waals surface area contributed by atoms with Crippen LogP contribution in [0.2, 0.25) is 0 Å². The quantitative estimate of drug-likeness (QED) is 0.740. The molecule has 4 rings (SSSR count). The van der Waals surface area contributed by atoms with Crippen LogP contribution in [-0.4, -0.2) is 40.3 Å². The second-order valence-electron chi connectivity index (χ2n) is 7.28. The fraction of sp³-hybridized carbons (Fsp3) is 0.550. The summed E-state index contributed by atoms with van der Waals surface area (Å²) in [4.78, 5) is 6.93. The number of aryl methyl sites for hydroxylation is 1. The molecule has 2 aliphatic rings.